The summed E-state index contributed by atoms with van der Waals surface area (Å²) in [5, 5.41) is 3.60. The van der Waals surface area contributed by atoms with Crippen molar-refractivity contribution in [3.05, 3.63) is 16.1 Å². The summed E-state index contributed by atoms with van der Waals surface area (Å²) in [6.07, 6.45) is 3.79. The van der Waals surface area contributed by atoms with Crippen LogP contribution in [0.1, 0.15) is 56.6 Å². The van der Waals surface area contributed by atoms with E-state index in [-0.39, 0.29) is 0 Å². The van der Waals surface area contributed by atoms with Crippen molar-refractivity contribution < 1.29 is 0 Å². The summed E-state index contributed by atoms with van der Waals surface area (Å²) < 4.78 is 0. The minimum absolute atomic E-state index is 0.502. The van der Waals surface area contributed by atoms with Crippen LogP contribution in [0.15, 0.2) is 5.51 Å². The zero-order valence-corrected chi connectivity index (χ0v) is 11.7. The lowest BCUT2D eigenvalue weighted by molar-refractivity contribution is 0.378. The van der Waals surface area contributed by atoms with Crippen molar-refractivity contribution in [2.75, 3.05) is 6.54 Å². The molecular weight excluding hydrogens is 216 g/mol. The molecule has 1 N–H and O–H groups in total. The molecule has 0 aliphatic rings. The van der Waals surface area contributed by atoms with Gasteiger partial charge in [0.05, 0.1) is 11.2 Å². The van der Waals surface area contributed by atoms with Crippen molar-refractivity contribution in [2.24, 2.45) is 5.92 Å². The number of thiazole rings is 1. The molecule has 0 fully saturated rings. The highest BCUT2D eigenvalue weighted by Crippen LogP contribution is 2.29. The molecule has 1 atom stereocenters. The molecule has 92 valence electrons. The molecule has 2 nitrogen and oxygen atoms in total. The third-order valence-electron chi connectivity index (χ3n) is 3.27. The summed E-state index contributed by atoms with van der Waals surface area (Å²) in [7, 11) is 0. The maximum Gasteiger partial charge on any atom is 0.0798 e. The summed E-state index contributed by atoms with van der Waals surface area (Å²) in [5.74, 6) is 0.825. The van der Waals surface area contributed by atoms with Gasteiger partial charge in [-0.1, -0.05) is 33.6 Å². The van der Waals surface area contributed by atoms with E-state index in [0.717, 1.165) is 12.5 Å². The van der Waals surface area contributed by atoms with Gasteiger partial charge in [-0.3, -0.25) is 0 Å². The van der Waals surface area contributed by atoms with Gasteiger partial charge >= 0.3 is 0 Å². The fourth-order valence-electron chi connectivity index (χ4n) is 2.13. The third kappa shape index (κ3) is 3.56. The lowest BCUT2D eigenvalue weighted by atomic mass is 9.93. The van der Waals surface area contributed by atoms with E-state index in [1.54, 1.807) is 11.3 Å². The number of hydrogen-bond donors (Lipinski definition) is 1. The lowest BCUT2D eigenvalue weighted by Gasteiger charge is -2.22. The van der Waals surface area contributed by atoms with Crippen LogP contribution in [0.5, 0.6) is 0 Å². The Morgan fingerprint density at radius 3 is 2.44 bits per heavy atom. The van der Waals surface area contributed by atoms with Crippen molar-refractivity contribution in [1.82, 2.24) is 10.3 Å². The van der Waals surface area contributed by atoms with Crippen LogP contribution in [0.4, 0.5) is 0 Å². The Balaban J connectivity index is 2.71. The van der Waals surface area contributed by atoms with Gasteiger partial charge in [-0.05, 0) is 25.8 Å². The van der Waals surface area contributed by atoms with E-state index in [0.29, 0.717) is 6.04 Å². The van der Waals surface area contributed by atoms with Crippen LogP contribution in [0, 0.1) is 12.8 Å². The highest BCUT2D eigenvalue weighted by Gasteiger charge is 2.18. The predicted molar refractivity (Wildman–Crippen MR) is 72.0 cm³/mol. The Morgan fingerprint density at radius 1 is 1.31 bits per heavy atom. The molecular formula is C13H24N2S. The zero-order chi connectivity index (χ0) is 12.0. The molecule has 1 unspecified atom stereocenters. The van der Waals surface area contributed by atoms with Crippen LogP contribution >= 0.6 is 11.3 Å². The van der Waals surface area contributed by atoms with Crippen LogP contribution < -0.4 is 5.32 Å². The largest absolute Gasteiger partial charge is 0.309 e. The smallest absolute Gasteiger partial charge is 0.0798 e. The van der Waals surface area contributed by atoms with Gasteiger partial charge in [-0.15, -0.1) is 11.3 Å². The van der Waals surface area contributed by atoms with Gasteiger partial charge in [0, 0.05) is 10.9 Å². The number of aromatic nitrogens is 1. The molecule has 1 heterocycles. The highest BCUT2D eigenvalue weighted by atomic mass is 32.1. The monoisotopic (exact) mass is 240 g/mol. The molecule has 1 aromatic heterocycles. The molecule has 1 aromatic rings. The molecule has 0 aliphatic carbocycles. The van der Waals surface area contributed by atoms with Crippen molar-refractivity contribution in [3.8, 4) is 0 Å². The lowest BCUT2D eigenvalue weighted by Crippen LogP contribution is -2.23. The van der Waals surface area contributed by atoms with Gasteiger partial charge in [0.1, 0.15) is 0 Å². The minimum atomic E-state index is 0.502. The van der Waals surface area contributed by atoms with Crippen molar-refractivity contribution in [3.63, 3.8) is 0 Å². The molecule has 0 amide bonds. The second-order valence-electron chi connectivity index (χ2n) is 4.33. The average molecular weight is 240 g/mol. The third-order valence-corrected chi connectivity index (χ3v) is 4.32. The first-order chi connectivity index (χ1) is 7.72. The first kappa shape index (κ1) is 13.7. The van der Waals surface area contributed by atoms with Gasteiger partial charge < -0.3 is 5.32 Å². The predicted octanol–water partition coefficient (Wildman–Crippen LogP) is 3.93. The highest BCUT2D eigenvalue weighted by molar-refractivity contribution is 7.09. The number of rotatable bonds is 7. The second-order valence-corrected chi connectivity index (χ2v) is 5.22. The van der Waals surface area contributed by atoms with Crippen LogP contribution in [0.2, 0.25) is 0 Å². The topological polar surface area (TPSA) is 24.9 Å². The molecule has 0 radical (unpaired) electrons. The maximum absolute atomic E-state index is 4.36. The van der Waals surface area contributed by atoms with Crippen LogP contribution in [-0.2, 0) is 0 Å². The Morgan fingerprint density at radius 2 is 2.00 bits per heavy atom. The summed E-state index contributed by atoms with van der Waals surface area (Å²) in [6.45, 7) is 9.90. The van der Waals surface area contributed by atoms with Crippen molar-refractivity contribution in [1.29, 1.82) is 0 Å². The fourth-order valence-corrected chi connectivity index (χ4v) is 3.02. The molecule has 0 spiro atoms. The molecule has 0 aliphatic heterocycles. The van der Waals surface area contributed by atoms with E-state index in [1.165, 1.54) is 29.8 Å². The number of hydrogen-bond acceptors (Lipinski definition) is 3. The van der Waals surface area contributed by atoms with Gasteiger partial charge in [-0.25, -0.2) is 4.98 Å². The SMILES string of the molecule is CCNC(CC(CC)CC)c1scnc1C. The minimum Gasteiger partial charge on any atom is -0.309 e. The zero-order valence-electron chi connectivity index (χ0n) is 10.9. The Kier molecular flexibility index (Phi) is 5.99. The molecule has 16 heavy (non-hydrogen) atoms. The molecule has 0 saturated heterocycles. The van der Waals surface area contributed by atoms with Crippen LogP contribution in [-0.4, -0.2) is 11.5 Å². The van der Waals surface area contributed by atoms with E-state index >= 15 is 0 Å². The maximum atomic E-state index is 4.36. The number of nitrogens with zero attached hydrogens (tertiary/aromatic N) is 1. The van der Waals surface area contributed by atoms with Crippen molar-refractivity contribution >= 4 is 11.3 Å². The van der Waals surface area contributed by atoms with E-state index in [9.17, 15) is 0 Å². The first-order valence-electron chi connectivity index (χ1n) is 6.36. The quantitative estimate of drug-likeness (QED) is 0.781. The van der Waals surface area contributed by atoms with E-state index in [4.69, 9.17) is 0 Å². The molecule has 0 aromatic carbocycles. The molecule has 1 rings (SSSR count). The summed E-state index contributed by atoms with van der Waals surface area (Å²) in [6, 6.07) is 0.502. The Hall–Kier alpha value is -0.410. The van der Waals surface area contributed by atoms with E-state index in [1.807, 2.05) is 5.51 Å². The second kappa shape index (κ2) is 7.02. The fraction of sp³-hybridized carbons (Fsp3) is 0.769. The molecule has 3 heteroatoms. The van der Waals surface area contributed by atoms with Crippen LogP contribution in [0.25, 0.3) is 0 Å². The number of nitrogens with one attached hydrogen (secondary N) is 1. The van der Waals surface area contributed by atoms with E-state index < -0.39 is 0 Å². The van der Waals surface area contributed by atoms with E-state index in [2.05, 4.69) is 38.0 Å². The van der Waals surface area contributed by atoms with Crippen LogP contribution in [0.3, 0.4) is 0 Å². The standard InChI is InChI=1S/C13H24N2S/c1-5-11(6-2)8-12(14-7-3)13-10(4)15-9-16-13/h9,11-12,14H,5-8H2,1-4H3. The van der Waals surface area contributed by atoms with Gasteiger partial charge in [-0.2, -0.15) is 0 Å². The summed E-state index contributed by atoms with van der Waals surface area (Å²) >= 11 is 1.79. The Labute approximate surface area is 103 Å². The summed E-state index contributed by atoms with van der Waals surface area (Å²) in [5.41, 5.74) is 3.16. The van der Waals surface area contributed by atoms with Gasteiger partial charge in [0.25, 0.3) is 0 Å². The molecule has 0 saturated carbocycles. The van der Waals surface area contributed by atoms with Crippen molar-refractivity contribution in [2.45, 2.75) is 53.0 Å². The normalized spacial score (nSPS) is 13.3. The van der Waals surface area contributed by atoms with Gasteiger partial charge in [0.15, 0.2) is 0 Å². The molecule has 0 bridgehead atoms. The Bertz CT molecular complexity index is 292. The number of aryl methyl sites for hydroxylation is 1. The summed E-state index contributed by atoms with van der Waals surface area (Å²) in [4.78, 5) is 5.78. The average Bonchev–Trinajstić information content (AvgIpc) is 2.71. The van der Waals surface area contributed by atoms with Gasteiger partial charge in [0.2, 0.25) is 0 Å². The first-order valence-corrected chi connectivity index (χ1v) is 7.24.